The average Bonchev–Trinajstić information content (AvgIpc) is 2.83. The molecule has 2 heterocycles. The van der Waals surface area contributed by atoms with Gasteiger partial charge in [-0.15, -0.1) is 0 Å². The molecular weight excluding hydrogens is 267 g/mol. The van der Waals surface area contributed by atoms with Gasteiger partial charge in [-0.3, -0.25) is 0 Å². The highest BCUT2D eigenvalue weighted by Gasteiger charge is 2.20. The predicted molar refractivity (Wildman–Crippen MR) is 84.3 cm³/mol. The molecule has 0 saturated carbocycles. The molecule has 0 aliphatic carbocycles. The van der Waals surface area contributed by atoms with Crippen LogP contribution in [0.1, 0.15) is 19.8 Å². The molecule has 0 bridgehead atoms. The molecule has 0 spiro atoms. The summed E-state index contributed by atoms with van der Waals surface area (Å²) in [6.45, 7) is 7.13. The Kier molecular flexibility index (Phi) is 4.10. The second kappa shape index (κ2) is 6.02. The fourth-order valence-electron chi connectivity index (χ4n) is 2.87. The zero-order valence-electron chi connectivity index (χ0n) is 12.8. The Morgan fingerprint density at radius 3 is 2.67 bits per heavy atom. The van der Waals surface area contributed by atoms with Crippen molar-refractivity contribution in [2.45, 2.75) is 26.3 Å². The molecule has 1 fully saturated rings. The van der Waals surface area contributed by atoms with Gasteiger partial charge < -0.3 is 14.4 Å². The zero-order chi connectivity index (χ0) is 14.8. The molecule has 5 heteroatoms. The number of unbranched alkanes of at least 4 members (excludes halogenated alkanes) is 1. The molecule has 2 aromatic rings. The quantitative estimate of drug-likeness (QED) is 0.865. The van der Waals surface area contributed by atoms with Crippen molar-refractivity contribution in [1.29, 1.82) is 0 Å². The summed E-state index contributed by atoms with van der Waals surface area (Å²) < 4.78 is 15.8. The van der Waals surface area contributed by atoms with E-state index in [2.05, 4.69) is 28.3 Å². The average molecular weight is 290 g/mol. The second-order valence-electron chi connectivity index (χ2n) is 5.84. The summed E-state index contributed by atoms with van der Waals surface area (Å²) in [5.41, 5.74) is 1.80. The summed E-state index contributed by atoms with van der Waals surface area (Å²) in [4.78, 5) is 9.41. The van der Waals surface area contributed by atoms with Crippen LogP contribution in [0, 0.1) is 5.82 Å². The Bertz CT molecular complexity index is 614. The van der Waals surface area contributed by atoms with Crippen molar-refractivity contribution in [1.82, 2.24) is 14.5 Å². The van der Waals surface area contributed by atoms with Crippen molar-refractivity contribution < 1.29 is 4.39 Å². The Balaban J connectivity index is 1.99. The van der Waals surface area contributed by atoms with E-state index in [0.29, 0.717) is 0 Å². The molecule has 114 valence electrons. The lowest BCUT2D eigenvalue weighted by Gasteiger charge is -2.33. The molecule has 4 nitrogen and oxygen atoms in total. The number of fused-ring (bicyclic) bond motifs is 1. The van der Waals surface area contributed by atoms with E-state index in [1.54, 1.807) is 12.1 Å². The van der Waals surface area contributed by atoms with Crippen molar-refractivity contribution in [2.75, 3.05) is 38.1 Å². The minimum absolute atomic E-state index is 0.190. The molecule has 21 heavy (non-hydrogen) atoms. The molecule has 3 rings (SSSR count). The van der Waals surface area contributed by atoms with Crippen LogP contribution in [0.2, 0.25) is 0 Å². The fourth-order valence-corrected chi connectivity index (χ4v) is 2.87. The largest absolute Gasteiger partial charge is 0.340 e. The number of aryl methyl sites for hydroxylation is 1. The maximum absolute atomic E-state index is 13.6. The van der Waals surface area contributed by atoms with Crippen LogP contribution in [-0.4, -0.2) is 47.7 Å². The molecule has 0 radical (unpaired) electrons. The molecule has 1 saturated heterocycles. The van der Waals surface area contributed by atoms with Crippen LogP contribution in [0.15, 0.2) is 18.2 Å². The number of hydrogen-bond acceptors (Lipinski definition) is 3. The zero-order valence-corrected chi connectivity index (χ0v) is 12.8. The van der Waals surface area contributed by atoms with Gasteiger partial charge in [0.25, 0.3) is 0 Å². The maximum atomic E-state index is 13.6. The van der Waals surface area contributed by atoms with Crippen LogP contribution in [0.5, 0.6) is 0 Å². The van der Waals surface area contributed by atoms with E-state index in [0.717, 1.165) is 62.5 Å². The number of rotatable bonds is 4. The number of piperazine rings is 1. The molecule has 1 aliphatic heterocycles. The Labute approximate surface area is 125 Å². The van der Waals surface area contributed by atoms with Crippen LogP contribution >= 0.6 is 0 Å². The maximum Gasteiger partial charge on any atom is 0.206 e. The van der Waals surface area contributed by atoms with Gasteiger partial charge in [0.05, 0.1) is 11.0 Å². The number of anilines is 1. The van der Waals surface area contributed by atoms with Gasteiger partial charge in [-0.25, -0.2) is 9.37 Å². The van der Waals surface area contributed by atoms with E-state index in [1.807, 2.05) is 0 Å². The first kappa shape index (κ1) is 14.3. The monoisotopic (exact) mass is 290 g/mol. The third kappa shape index (κ3) is 2.88. The highest BCUT2D eigenvalue weighted by atomic mass is 19.1. The van der Waals surface area contributed by atoms with Crippen LogP contribution in [0.25, 0.3) is 11.0 Å². The van der Waals surface area contributed by atoms with Crippen molar-refractivity contribution in [3.05, 3.63) is 24.0 Å². The highest BCUT2D eigenvalue weighted by molar-refractivity contribution is 5.79. The normalized spacial score (nSPS) is 16.8. The Morgan fingerprint density at radius 2 is 1.95 bits per heavy atom. The lowest BCUT2D eigenvalue weighted by molar-refractivity contribution is 0.310. The van der Waals surface area contributed by atoms with E-state index >= 15 is 0 Å². The first-order valence-electron chi connectivity index (χ1n) is 7.78. The molecular formula is C16H23FN4. The Morgan fingerprint density at radius 1 is 1.19 bits per heavy atom. The smallest absolute Gasteiger partial charge is 0.206 e. The molecule has 1 aromatic carbocycles. The molecule has 0 atom stereocenters. The van der Waals surface area contributed by atoms with Crippen molar-refractivity contribution >= 4 is 17.0 Å². The first-order chi connectivity index (χ1) is 10.2. The van der Waals surface area contributed by atoms with E-state index < -0.39 is 0 Å². The molecule has 0 unspecified atom stereocenters. The van der Waals surface area contributed by atoms with Crippen LogP contribution in [-0.2, 0) is 6.54 Å². The van der Waals surface area contributed by atoms with Gasteiger partial charge in [-0.2, -0.15) is 0 Å². The van der Waals surface area contributed by atoms with Crippen LogP contribution < -0.4 is 4.90 Å². The van der Waals surface area contributed by atoms with Gasteiger partial charge in [0.15, 0.2) is 0 Å². The van der Waals surface area contributed by atoms with Gasteiger partial charge in [0, 0.05) is 32.7 Å². The summed E-state index contributed by atoms with van der Waals surface area (Å²) in [6, 6.07) is 4.89. The summed E-state index contributed by atoms with van der Waals surface area (Å²) in [7, 11) is 2.15. The van der Waals surface area contributed by atoms with Crippen LogP contribution in [0.3, 0.4) is 0 Å². The lowest BCUT2D eigenvalue weighted by Crippen LogP contribution is -2.45. The van der Waals surface area contributed by atoms with Crippen molar-refractivity contribution in [3.8, 4) is 0 Å². The number of hydrogen-bond donors (Lipinski definition) is 0. The summed E-state index contributed by atoms with van der Waals surface area (Å²) in [6.07, 6.45) is 2.21. The van der Waals surface area contributed by atoms with E-state index in [1.165, 1.54) is 6.07 Å². The first-order valence-corrected chi connectivity index (χ1v) is 7.78. The number of imidazole rings is 1. The number of nitrogens with zero attached hydrogens (tertiary/aromatic N) is 4. The summed E-state index contributed by atoms with van der Waals surface area (Å²) in [5.74, 6) is 0.808. The SMILES string of the molecule is CCCCn1c(N2CCN(C)CC2)nc2ccc(F)cc21. The van der Waals surface area contributed by atoms with Gasteiger partial charge >= 0.3 is 0 Å². The highest BCUT2D eigenvalue weighted by Crippen LogP contribution is 2.25. The van der Waals surface area contributed by atoms with Gasteiger partial charge in [-0.05, 0) is 31.7 Å². The van der Waals surface area contributed by atoms with E-state index in [9.17, 15) is 4.39 Å². The van der Waals surface area contributed by atoms with Crippen molar-refractivity contribution in [3.63, 3.8) is 0 Å². The molecule has 0 N–H and O–H groups in total. The predicted octanol–water partition coefficient (Wildman–Crippen LogP) is 2.73. The van der Waals surface area contributed by atoms with Gasteiger partial charge in [0.2, 0.25) is 5.95 Å². The van der Waals surface area contributed by atoms with Crippen LogP contribution in [0.4, 0.5) is 10.3 Å². The summed E-state index contributed by atoms with van der Waals surface area (Å²) in [5, 5.41) is 0. The lowest BCUT2D eigenvalue weighted by atomic mass is 10.3. The third-order valence-corrected chi connectivity index (χ3v) is 4.21. The molecule has 1 aliphatic rings. The topological polar surface area (TPSA) is 24.3 Å². The van der Waals surface area contributed by atoms with Gasteiger partial charge in [-0.1, -0.05) is 13.3 Å². The minimum Gasteiger partial charge on any atom is -0.340 e. The Hall–Kier alpha value is -1.62. The number of halogens is 1. The van der Waals surface area contributed by atoms with E-state index in [4.69, 9.17) is 4.98 Å². The number of benzene rings is 1. The molecule has 1 aromatic heterocycles. The van der Waals surface area contributed by atoms with Gasteiger partial charge in [0.1, 0.15) is 5.82 Å². The van der Waals surface area contributed by atoms with E-state index in [-0.39, 0.29) is 5.82 Å². The summed E-state index contributed by atoms with van der Waals surface area (Å²) >= 11 is 0. The number of aromatic nitrogens is 2. The van der Waals surface area contributed by atoms with Crippen molar-refractivity contribution in [2.24, 2.45) is 0 Å². The number of likely N-dealkylation sites (N-methyl/N-ethyl adjacent to an activating group) is 1. The molecule has 0 amide bonds. The minimum atomic E-state index is -0.190. The third-order valence-electron chi connectivity index (χ3n) is 4.21. The fraction of sp³-hybridized carbons (Fsp3) is 0.562. The second-order valence-corrected chi connectivity index (χ2v) is 5.84. The standard InChI is InChI=1S/C16H23FN4/c1-3-4-7-21-15-12-13(17)5-6-14(15)18-16(21)20-10-8-19(2)9-11-20/h5-6,12H,3-4,7-11H2,1-2H3.